The van der Waals surface area contributed by atoms with Gasteiger partial charge in [0, 0.05) is 11.3 Å². The Morgan fingerprint density at radius 2 is 2.11 bits per heavy atom. The van der Waals surface area contributed by atoms with Crippen LogP contribution in [0.25, 0.3) is 0 Å². The molecule has 0 spiro atoms. The van der Waals surface area contributed by atoms with Crippen LogP contribution in [0.15, 0.2) is 41.0 Å². The Balaban J connectivity index is 2.30. The van der Waals surface area contributed by atoms with Crippen molar-refractivity contribution >= 4 is 5.71 Å². The van der Waals surface area contributed by atoms with E-state index in [1.165, 1.54) is 6.07 Å². The van der Waals surface area contributed by atoms with Crippen molar-refractivity contribution in [3.63, 3.8) is 0 Å². The Morgan fingerprint density at radius 1 is 1.32 bits per heavy atom. The highest BCUT2D eigenvalue weighted by Crippen LogP contribution is 2.29. The summed E-state index contributed by atoms with van der Waals surface area (Å²) in [7, 11) is 0. The lowest BCUT2D eigenvalue weighted by Crippen LogP contribution is -2.21. The first-order valence-corrected chi connectivity index (χ1v) is 6.17. The van der Waals surface area contributed by atoms with E-state index in [4.69, 9.17) is 0 Å². The Hall–Kier alpha value is -1.78. The minimum atomic E-state index is -4.32. The molecule has 5 heteroatoms. The minimum Gasteiger partial charge on any atom is -0.370 e. The normalized spacial score (nSPS) is 15.6. The Morgan fingerprint density at radius 3 is 2.79 bits per heavy atom. The average molecular weight is 268 g/mol. The summed E-state index contributed by atoms with van der Waals surface area (Å²) in [4.78, 5) is 4.22. The lowest BCUT2D eigenvalue weighted by molar-refractivity contribution is -0.137. The first-order chi connectivity index (χ1) is 9.00. The smallest absolute Gasteiger partial charge is 0.370 e. The van der Waals surface area contributed by atoms with Crippen LogP contribution in [0.3, 0.4) is 0 Å². The lowest BCUT2D eigenvalue weighted by atomic mass is 10.0. The number of hydrogen-bond acceptors (Lipinski definition) is 2. The van der Waals surface area contributed by atoms with Crippen LogP contribution in [0.1, 0.15) is 30.9 Å². The van der Waals surface area contributed by atoms with Crippen molar-refractivity contribution in [1.82, 2.24) is 5.32 Å². The highest BCUT2D eigenvalue weighted by atomic mass is 19.4. The molecule has 1 N–H and O–H groups in total. The van der Waals surface area contributed by atoms with Gasteiger partial charge in [-0.2, -0.15) is 13.2 Å². The number of alkyl halides is 3. The van der Waals surface area contributed by atoms with Gasteiger partial charge in [-0.15, -0.1) is 0 Å². The molecular formula is C14H15F3N2. The zero-order valence-corrected chi connectivity index (χ0v) is 10.6. The van der Waals surface area contributed by atoms with E-state index in [0.29, 0.717) is 17.9 Å². The van der Waals surface area contributed by atoms with Crippen molar-refractivity contribution in [3.05, 3.63) is 47.2 Å². The van der Waals surface area contributed by atoms with E-state index in [-0.39, 0.29) is 0 Å². The van der Waals surface area contributed by atoms with Crippen LogP contribution in [0.2, 0.25) is 0 Å². The molecule has 0 bridgehead atoms. The Labute approximate surface area is 110 Å². The molecule has 0 atom stereocenters. The number of nitrogens with one attached hydrogen (secondary N) is 1. The fourth-order valence-electron chi connectivity index (χ4n) is 1.95. The van der Waals surface area contributed by atoms with Gasteiger partial charge in [0.1, 0.15) is 6.67 Å². The Kier molecular flexibility index (Phi) is 3.93. The van der Waals surface area contributed by atoms with Crippen molar-refractivity contribution in [2.24, 2.45) is 4.99 Å². The van der Waals surface area contributed by atoms with Gasteiger partial charge in [-0.05, 0) is 24.6 Å². The van der Waals surface area contributed by atoms with Gasteiger partial charge < -0.3 is 5.32 Å². The molecule has 102 valence electrons. The number of halogens is 3. The van der Waals surface area contributed by atoms with Crippen LogP contribution in [0.4, 0.5) is 13.2 Å². The third kappa shape index (κ3) is 3.36. The molecule has 2 nitrogen and oxygen atoms in total. The van der Waals surface area contributed by atoms with Crippen LogP contribution >= 0.6 is 0 Å². The molecule has 0 amide bonds. The van der Waals surface area contributed by atoms with E-state index in [9.17, 15) is 13.2 Å². The molecule has 0 aliphatic carbocycles. The summed E-state index contributed by atoms with van der Waals surface area (Å²) in [5.74, 6) is 0. The van der Waals surface area contributed by atoms with Crippen LogP contribution in [-0.4, -0.2) is 12.4 Å². The molecule has 0 fully saturated rings. The second-order valence-corrected chi connectivity index (χ2v) is 4.38. The number of nitrogens with zero attached hydrogens (tertiary/aromatic N) is 1. The van der Waals surface area contributed by atoms with Gasteiger partial charge in [0.15, 0.2) is 0 Å². The molecule has 1 heterocycles. The molecule has 0 aromatic heterocycles. The van der Waals surface area contributed by atoms with E-state index in [0.717, 1.165) is 30.7 Å². The summed E-state index contributed by atoms with van der Waals surface area (Å²) in [6.07, 6.45) is -0.644. The monoisotopic (exact) mass is 268 g/mol. The summed E-state index contributed by atoms with van der Waals surface area (Å²) in [5, 5.41) is 3.12. The second kappa shape index (κ2) is 5.47. The summed E-state index contributed by atoms with van der Waals surface area (Å²) in [6, 6.07) is 5.28. The first kappa shape index (κ1) is 13.6. The molecule has 1 aromatic rings. The summed E-state index contributed by atoms with van der Waals surface area (Å²) in [6.45, 7) is 2.47. The van der Waals surface area contributed by atoms with Gasteiger partial charge in [0.25, 0.3) is 0 Å². The van der Waals surface area contributed by atoms with Gasteiger partial charge in [-0.1, -0.05) is 25.5 Å². The predicted molar refractivity (Wildman–Crippen MR) is 69.0 cm³/mol. The van der Waals surface area contributed by atoms with Crippen molar-refractivity contribution < 1.29 is 13.2 Å². The van der Waals surface area contributed by atoms with Crippen molar-refractivity contribution in [2.45, 2.75) is 25.9 Å². The van der Waals surface area contributed by atoms with E-state index >= 15 is 0 Å². The van der Waals surface area contributed by atoms with E-state index in [1.807, 2.05) is 6.08 Å². The SMILES string of the molecule is CCCC1=CC(c2cccc(C(F)(F)F)c2)=NCN1. The molecule has 1 aromatic carbocycles. The number of aliphatic imine (C=N–C) groups is 1. The Bertz CT molecular complexity index is 516. The molecule has 0 saturated carbocycles. The van der Waals surface area contributed by atoms with Crippen molar-refractivity contribution in [2.75, 3.05) is 6.67 Å². The molecule has 0 saturated heterocycles. The maximum Gasteiger partial charge on any atom is 0.416 e. The van der Waals surface area contributed by atoms with Gasteiger partial charge in [0.05, 0.1) is 11.3 Å². The summed E-state index contributed by atoms with van der Waals surface area (Å²) >= 11 is 0. The molecule has 2 rings (SSSR count). The van der Waals surface area contributed by atoms with Crippen LogP contribution in [0, 0.1) is 0 Å². The fourth-order valence-corrected chi connectivity index (χ4v) is 1.95. The third-order valence-corrected chi connectivity index (χ3v) is 2.87. The summed E-state index contributed by atoms with van der Waals surface area (Å²) < 4.78 is 38.0. The first-order valence-electron chi connectivity index (χ1n) is 6.17. The molecular weight excluding hydrogens is 253 g/mol. The third-order valence-electron chi connectivity index (χ3n) is 2.87. The highest BCUT2D eigenvalue weighted by molar-refractivity contribution is 6.09. The predicted octanol–water partition coefficient (Wildman–Crippen LogP) is 3.74. The van der Waals surface area contributed by atoms with Gasteiger partial charge in [0.2, 0.25) is 0 Å². The van der Waals surface area contributed by atoms with Crippen LogP contribution < -0.4 is 5.32 Å². The van der Waals surface area contributed by atoms with Gasteiger partial charge in [-0.25, -0.2) is 0 Å². The fraction of sp³-hybridized carbons (Fsp3) is 0.357. The zero-order chi connectivity index (χ0) is 13.9. The maximum atomic E-state index is 12.7. The number of hydrogen-bond donors (Lipinski definition) is 1. The molecule has 0 radical (unpaired) electrons. The highest BCUT2D eigenvalue weighted by Gasteiger charge is 2.30. The van der Waals surface area contributed by atoms with Crippen molar-refractivity contribution in [1.29, 1.82) is 0 Å². The van der Waals surface area contributed by atoms with E-state index < -0.39 is 11.7 Å². The number of benzene rings is 1. The van der Waals surface area contributed by atoms with E-state index in [1.54, 1.807) is 6.07 Å². The second-order valence-electron chi connectivity index (χ2n) is 4.38. The topological polar surface area (TPSA) is 24.4 Å². The zero-order valence-electron chi connectivity index (χ0n) is 10.6. The average Bonchev–Trinajstić information content (AvgIpc) is 2.39. The summed E-state index contributed by atoms with van der Waals surface area (Å²) in [5.41, 5.74) is 1.49. The molecule has 1 aliphatic rings. The quantitative estimate of drug-likeness (QED) is 0.887. The maximum absolute atomic E-state index is 12.7. The van der Waals surface area contributed by atoms with Crippen molar-refractivity contribution in [3.8, 4) is 0 Å². The largest absolute Gasteiger partial charge is 0.416 e. The lowest BCUT2D eigenvalue weighted by Gasteiger charge is -2.16. The van der Waals surface area contributed by atoms with Gasteiger partial charge >= 0.3 is 6.18 Å². The standard InChI is InChI=1S/C14H15F3N2/c1-2-4-12-8-13(19-9-18-12)10-5-3-6-11(7-10)14(15,16)17/h3,5-8,18H,2,4,9H2,1H3. The molecule has 19 heavy (non-hydrogen) atoms. The number of allylic oxidation sites excluding steroid dienone is 2. The van der Waals surface area contributed by atoms with Gasteiger partial charge in [-0.3, -0.25) is 4.99 Å². The molecule has 1 aliphatic heterocycles. The van der Waals surface area contributed by atoms with E-state index in [2.05, 4.69) is 17.2 Å². The molecule has 0 unspecified atom stereocenters. The van der Waals surface area contributed by atoms with Crippen LogP contribution in [0.5, 0.6) is 0 Å². The number of rotatable bonds is 3. The van der Waals surface area contributed by atoms with Crippen LogP contribution in [-0.2, 0) is 6.18 Å². The minimum absolute atomic E-state index is 0.414.